The second kappa shape index (κ2) is 9.44. The Morgan fingerprint density at radius 3 is 2.28 bits per heavy atom. The van der Waals surface area contributed by atoms with Crippen molar-refractivity contribution < 1.29 is 19.5 Å². The molecular weight excluding hydrogens is 236 g/mol. The zero-order valence-corrected chi connectivity index (χ0v) is 11.0. The van der Waals surface area contributed by atoms with Crippen LogP contribution in [0.15, 0.2) is 0 Å². The van der Waals surface area contributed by atoms with Crippen LogP contribution in [-0.4, -0.2) is 35.5 Å². The van der Waals surface area contributed by atoms with E-state index in [1.54, 1.807) is 0 Å². The summed E-state index contributed by atoms with van der Waals surface area (Å²) >= 11 is 0. The maximum absolute atomic E-state index is 11.3. The molecule has 0 aromatic rings. The van der Waals surface area contributed by atoms with E-state index >= 15 is 0 Å². The molecule has 1 atom stereocenters. The predicted octanol–water partition coefficient (Wildman–Crippen LogP) is 0.662. The lowest BCUT2D eigenvalue weighted by Gasteiger charge is -2.09. The van der Waals surface area contributed by atoms with E-state index in [0.717, 1.165) is 19.3 Å². The first-order valence-electron chi connectivity index (χ1n) is 6.26. The van der Waals surface area contributed by atoms with Crippen molar-refractivity contribution in [2.45, 2.75) is 52.0 Å². The SMILES string of the molecule is CCCCCNC(=O)CCC(=O)NC(C)C(=O)O. The van der Waals surface area contributed by atoms with Crippen LogP contribution in [0.4, 0.5) is 0 Å². The van der Waals surface area contributed by atoms with Crippen LogP contribution < -0.4 is 10.6 Å². The number of unbranched alkanes of at least 4 members (excludes halogenated alkanes) is 2. The molecule has 6 nitrogen and oxygen atoms in total. The fraction of sp³-hybridized carbons (Fsp3) is 0.750. The van der Waals surface area contributed by atoms with Gasteiger partial charge < -0.3 is 15.7 Å². The molecule has 3 N–H and O–H groups in total. The molecule has 6 heteroatoms. The van der Waals surface area contributed by atoms with Gasteiger partial charge in [-0.05, 0) is 13.3 Å². The molecule has 0 aliphatic carbocycles. The average Bonchev–Trinajstić information content (AvgIpc) is 2.32. The van der Waals surface area contributed by atoms with Crippen LogP contribution in [0.3, 0.4) is 0 Å². The van der Waals surface area contributed by atoms with Gasteiger partial charge in [0, 0.05) is 19.4 Å². The Bertz CT molecular complexity index is 292. The monoisotopic (exact) mass is 258 g/mol. The summed E-state index contributed by atoms with van der Waals surface area (Å²) in [6.45, 7) is 4.08. The zero-order valence-electron chi connectivity index (χ0n) is 11.0. The largest absolute Gasteiger partial charge is 0.480 e. The van der Waals surface area contributed by atoms with Crippen molar-refractivity contribution >= 4 is 17.8 Å². The third kappa shape index (κ3) is 8.55. The first kappa shape index (κ1) is 16.4. The first-order chi connectivity index (χ1) is 8.47. The Morgan fingerprint density at radius 1 is 1.11 bits per heavy atom. The van der Waals surface area contributed by atoms with Gasteiger partial charge in [0.15, 0.2) is 0 Å². The van der Waals surface area contributed by atoms with E-state index < -0.39 is 17.9 Å². The highest BCUT2D eigenvalue weighted by Gasteiger charge is 2.14. The van der Waals surface area contributed by atoms with Gasteiger partial charge in [-0.1, -0.05) is 19.8 Å². The van der Waals surface area contributed by atoms with Crippen molar-refractivity contribution in [2.24, 2.45) is 0 Å². The molecule has 0 rings (SSSR count). The van der Waals surface area contributed by atoms with Gasteiger partial charge in [-0.3, -0.25) is 14.4 Å². The van der Waals surface area contributed by atoms with Gasteiger partial charge in [0.1, 0.15) is 6.04 Å². The molecule has 0 bridgehead atoms. The zero-order chi connectivity index (χ0) is 14.0. The van der Waals surface area contributed by atoms with E-state index in [4.69, 9.17) is 5.11 Å². The van der Waals surface area contributed by atoms with Gasteiger partial charge >= 0.3 is 5.97 Å². The van der Waals surface area contributed by atoms with E-state index in [0.29, 0.717) is 6.54 Å². The van der Waals surface area contributed by atoms with Crippen LogP contribution in [0.1, 0.15) is 46.0 Å². The number of rotatable bonds is 9. The lowest BCUT2D eigenvalue weighted by molar-refractivity contribution is -0.141. The van der Waals surface area contributed by atoms with Crippen molar-refractivity contribution in [3.8, 4) is 0 Å². The molecule has 0 saturated carbocycles. The summed E-state index contributed by atoms with van der Waals surface area (Å²) in [7, 11) is 0. The van der Waals surface area contributed by atoms with Crippen molar-refractivity contribution in [2.75, 3.05) is 6.54 Å². The van der Waals surface area contributed by atoms with E-state index in [9.17, 15) is 14.4 Å². The highest BCUT2D eigenvalue weighted by atomic mass is 16.4. The summed E-state index contributed by atoms with van der Waals surface area (Å²) in [4.78, 5) is 33.1. The number of carbonyl (C=O) groups is 3. The third-order valence-electron chi connectivity index (χ3n) is 2.43. The maximum atomic E-state index is 11.3. The summed E-state index contributed by atoms with van der Waals surface area (Å²) in [5.74, 6) is -1.69. The molecule has 1 unspecified atom stereocenters. The van der Waals surface area contributed by atoms with Crippen LogP contribution >= 0.6 is 0 Å². The number of nitrogens with one attached hydrogen (secondary N) is 2. The molecule has 0 aliphatic rings. The number of hydrogen-bond acceptors (Lipinski definition) is 3. The smallest absolute Gasteiger partial charge is 0.325 e. The van der Waals surface area contributed by atoms with E-state index in [1.807, 2.05) is 0 Å². The van der Waals surface area contributed by atoms with Crippen molar-refractivity contribution in [1.29, 1.82) is 0 Å². The quantitative estimate of drug-likeness (QED) is 0.529. The van der Waals surface area contributed by atoms with Crippen LogP contribution in [0.25, 0.3) is 0 Å². The van der Waals surface area contributed by atoms with Crippen molar-refractivity contribution in [3.63, 3.8) is 0 Å². The summed E-state index contributed by atoms with van der Waals surface area (Å²) in [5, 5.41) is 13.6. The molecular formula is C12H22N2O4. The number of aliphatic carboxylic acids is 1. The Balaban J connectivity index is 3.65. The molecule has 0 aliphatic heterocycles. The summed E-state index contributed by atoms with van der Waals surface area (Å²) in [5.41, 5.74) is 0. The molecule has 0 aromatic carbocycles. The minimum atomic E-state index is -1.09. The standard InChI is InChI=1S/C12H22N2O4/c1-3-4-5-8-13-10(15)6-7-11(16)14-9(2)12(17)18/h9H,3-8H2,1-2H3,(H,13,15)(H,14,16)(H,17,18). The average molecular weight is 258 g/mol. The second-order valence-corrected chi connectivity index (χ2v) is 4.18. The second-order valence-electron chi connectivity index (χ2n) is 4.18. The molecule has 2 amide bonds. The Kier molecular flexibility index (Phi) is 8.61. The molecule has 0 radical (unpaired) electrons. The number of amides is 2. The van der Waals surface area contributed by atoms with Crippen molar-refractivity contribution in [3.05, 3.63) is 0 Å². The summed E-state index contributed by atoms with van der Waals surface area (Å²) in [6, 6.07) is -0.926. The Hall–Kier alpha value is -1.59. The topological polar surface area (TPSA) is 95.5 Å². The molecule has 0 fully saturated rings. The van der Waals surface area contributed by atoms with Crippen LogP contribution in [0.2, 0.25) is 0 Å². The summed E-state index contributed by atoms with van der Waals surface area (Å²) < 4.78 is 0. The number of hydrogen-bond donors (Lipinski definition) is 3. The van der Waals surface area contributed by atoms with Crippen molar-refractivity contribution in [1.82, 2.24) is 10.6 Å². The highest BCUT2D eigenvalue weighted by molar-refractivity contribution is 5.86. The summed E-state index contributed by atoms with van der Waals surface area (Å²) in [6.07, 6.45) is 3.19. The van der Waals surface area contributed by atoms with Gasteiger partial charge in [0.05, 0.1) is 0 Å². The fourth-order valence-electron chi connectivity index (χ4n) is 1.29. The maximum Gasteiger partial charge on any atom is 0.325 e. The van der Waals surface area contributed by atoms with Gasteiger partial charge in [-0.25, -0.2) is 0 Å². The molecule has 0 heterocycles. The lowest BCUT2D eigenvalue weighted by Crippen LogP contribution is -2.38. The third-order valence-corrected chi connectivity index (χ3v) is 2.43. The number of carboxylic acid groups (broad SMARTS) is 1. The minimum Gasteiger partial charge on any atom is -0.480 e. The molecule has 0 saturated heterocycles. The van der Waals surface area contributed by atoms with Gasteiger partial charge in [0.2, 0.25) is 11.8 Å². The van der Waals surface area contributed by atoms with Gasteiger partial charge in [-0.2, -0.15) is 0 Å². The van der Waals surface area contributed by atoms with Crippen LogP contribution in [-0.2, 0) is 14.4 Å². The number of carbonyl (C=O) groups excluding carboxylic acids is 2. The fourth-order valence-corrected chi connectivity index (χ4v) is 1.29. The highest BCUT2D eigenvalue weighted by Crippen LogP contribution is 1.94. The normalized spacial score (nSPS) is 11.7. The lowest BCUT2D eigenvalue weighted by atomic mass is 10.2. The van der Waals surface area contributed by atoms with E-state index in [1.165, 1.54) is 6.92 Å². The Morgan fingerprint density at radius 2 is 1.72 bits per heavy atom. The van der Waals surface area contributed by atoms with Gasteiger partial charge in [-0.15, -0.1) is 0 Å². The number of carboxylic acids is 1. The molecule has 0 aromatic heterocycles. The predicted molar refractivity (Wildman–Crippen MR) is 67.0 cm³/mol. The molecule has 104 valence electrons. The van der Waals surface area contributed by atoms with Gasteiger partial charge in [0.25, 0.3) is 0 Å². The van der Waals surface area contributed by atoms with E-state index in [-0.39, 0.29) is 18.7 Å². The van der Waals surface area contributed by atoms with Crippen LogP contribution in [0, 0.1) is 0 Å². The molecule has 0 spiro atoms. The Labute approximate surface area is 107 Å². The first-order valence-corrected chi connectivity index (χ1v) is 6.26. The van der Waals surface area contributed by atoms with E-state index in [2.05, 4.69) is 17.6 Å². The minimum absolute atomic E-state index is 0.0111. The van der Waals surface area contributed by atoms with Crippen LogP contribution in [0.5, 0.6) is 0 Å². The molecule has 18 heavy (non-hydrogen) atoms.